The molecule has 5 rings (SSSR count). The monoisotopic (exact) mass is 381 g/mol. The van der Waals surface area contributed by atoms with Crippen molar-refractivity contribution in [1.82, 2.24) is 9.38 Å². The van der Waals surface area contributed by atoms with Crippen molar-refractivity contribution in [2.45, 2.75) is 6.92 Å². The lowest BCUT2D eigenvalue weighted by molar-refractivity contribution is 0.0978. The molecule has 140 valence electrons. The number of nitrogens with zero attached hydrogens (tertiary/aromatic N) is 2. The maximum atomic E-state index is 13.1. The minimum Gasteiger partial charge on any atom is -0.321 e. The molecule has 1 aliphatic rings. The fourth-order valence-electron chi connectivity index (χ4n) is 3.69. The Balaban J connectivity index is 1.55. The maximum Gasteiger partial charge on any atom is 0.255 e. The van der Waals surface area contributed by atoms with E-state index in [9.17, 15) is 14.4 Å². The fourth-order valence-corrected chi connectivity index (χ4v) is 3.69. The van der Waals surface area contributed by atoms with Gasteiger partial charge in [0, 0.05) is 34.6 Å². The third-order valence-electron chi connectivity index (χ3n) is 5.04. The Morgan fingerprint density at radius 2 is 1.66 bits per heavy atom. The van der Waals surface area contributed by atoms with E-state index < -0.39 is 0 Å². The Kier molecular flexibility index (Phi) is 3.67. The summed E-state index contributed by atoms with van der Waals surface area (Å²) in [4.78, 5) is 43.1. The predicted octanol–water partition coefficient (Wildman–Crippen LogP) is 3.67. The van der Waals surface area contributed by atoms with Crippen LogP contribution in [0.5, 0.6) is 0 Å². The average molecular weight is 381 g/mol. The van der Waals surface area contributed by atoms with Gasteiger partial charge < -0.3 is 9.72 Å². The van der Waals surface area contributed by atoms with Crippen LogP contribution >= 0.6 is 0 Å². The molecule has 0 unspecified atom stereocenters. The summed E-state index contributed by atoms with van der Waals surface area (Å²) in [6.45, 7) is 1.88. The highest BCUT2D eigenvalue weighted by atomic mass is 16.2. The van der Waals surface area contributed by atoms with Gasteiger partial charge >= 0.3 is 0 Å². The summed E-state index contributed by atoms with van der Waals surface area (Å²) in [5.41, 5.74) is 3.49. The molecule has 0 bridgehead atoms. The van der Waals surface area contributed by atoms with Gasteiger partial charge in [-0.25, -0.2) is 4.98 Å². The van der Waals surface area contributed by atoms with E-state index in [1.807, 2.05) is 17.5 Å². The van der Waals surface area contributed by atoms with Gasteiger partial charge in [-0.3, -0.25) is 14.4 Å². The van der Waals surface area contributed by atoms with E-state index in [2.05, 4.69) is 10.3 Å². The van der Waals surface area contributed by atoms with Crippen molar-refractivity contribution >= 4 is 28.8 Å². The molecule has 29 heavy (non-hydrogen) atoms. The van der Waals surface area contributed by atoms with Crippen LogP contribution in [0.4, 0.5) is 5.69 Å². The molecule has 0 radical (unpaired) electrons. The van der Waals surface area contributed by atoms with Crippen LogP contribution in [-0.4, -0.2) is 26.9 Å². The fraction of sp³-hybridized carbons (Fsp3) is 0.0435. The molecule has 0 aliphatic heterocycles. The van der Waals surface area contributed by atoms with Crippen molar-refractivity contribution in [3.8, 4) is 0 Å². The number of aryl methyl sites for hydroxylation is 1. The summed E-state index contributed by atoms with van der Waals surface area (Å²) in [5, 5.41) is 2.79. The normalized spacial score (nSPS) is 12.6. The topological polar surface area (TPSA) is 80.5 Å². The number of amides is 1. The largest absolute Gasteiger partial charge is 0.321 e. The SMILES string of the molecule is Cc1cn2ccc(C(=O)Nc3cccc4c3C(=O)c3ccccc3C4=O)cc2n1. The van der Waals surface area contributed by atoms with Crippen molar-refractivity contribution in [1.29, 1.82) is 0 Å². The number of aromatic nitrogens is 2. The Morgan fingerprint density at radius 1 is 0.931 bits per heavy atom. The van der Waals surface area contributed by atoms with Crippen LogP contribution in [0.1, 0.15) is 47.9 Å². The number of ketones is 2. The van der Waals surface area contributed by atoms with Crippen LogP contribution in [0.3, 0.4) is 0 Å². The average Bonchev–Trinajstić information content (AvgIpc) is 3.11. The number of carbonyl (C=O) groups is 3. The smallest absolute Gasteiger partial charge is 0.255 e. The summed E-state index contributed by atoms with van der Waals surface area (Å²) < 4.78 is 1.83. The first-order chi connectivity index (χ1) is 14.0. The molecule has 6 nitrogen and oxygen atoms in total. The quantitative estimate of drug-likeness (QED) is 0.506. The van der Waals surface area contributed by atoms with Crippen molar-refractivity contribution in [2.24, 2.45) is 0 Å². The highest BCUT2D eigenvalue weighted by molar-refractivity contribution is 6.30. The molecule has 2 aromatic heterocycles. The summed E-state index contributed by atoms with van der Waals surface area (Å²) in [5.74, 6) is -0.869. The van der Waals surface area contributed by atoms with Gasteiger partial charge in [-0.15, -0.1) is 0 Å². The third-order valence-corrected chi connectivity index (χ3v) is 5.04. The number of pyridine rings is 1. The maximum absolute atomic E-state index is 13.1. The van der Waals surface area contributed by atoms with E-state index in [0.29, 0.717) is 33.6 Å². The molecule has 4 aromatic rings. The molecular weight excluding hydrogens is 366 g/mol. The van der Waals surface area contributed by atoms with Crippen LogP contribution < -0.4 is 5.32 Å². The summed E-state index contributed by atoms with van der Waals surface area (Å²) >= 11 is 0. The molecule has 2 heterocycles. The van der Waals surface area contributed by atoms with Gasteiger partial charge in [-0.05, 0) is 25.1 Å². The number of nitrogens with one attached hydrogen (secondary N) is 1. The van der Waals surface area contributed by atoms with Crippen molar-refractivity contribution in [3.05, 3.63) is 101 Å². The number of imidazole rings is 1. The van der Waals surface area contributed by atoms with Gasteiger partial charge in [-0.2, -0.15) is 0 Å². The van der Waals surface area contributed by atoms with E-state index in [0.717, 1.165) is 5.69 Å². The van der Waals surface area contributed by atoms with Crippen LogP contribution in [0.25, 0.3) is 5.65 Å². The second-order valence-corrected chi connectivity index (χ2v) is 6.95. The van der Waals surface area contributed by atoms with Crippen LogP contribution in [0, 0.1) is 6.92 Å². The Bertz CT molecular complexity index is 1350. The molecule has 0 atom stereocenters. The highest BCUT2D eigenvalue weighted by Crippen LogP contribution is 2.32. The molecule has 0 saturated heterocycles. The van der Waals surface area contributed by atoms with E-state index in [1.54, 1.807) is 60.8 Å². The number of anilines is 1. The van der Waals surface area contributed by atoms with Crippen molar-refractivity contribution in [2.75, 3.05) is 5.32 Å². The first-order valence-electron chi connectivity index (χ1n) is 9.11. The zero-order chi connectivity index (χ0) is 20.1. The minimum absolute atomic E-state index is 0.222. The Hall–Kier alpha value is -4.06. The molecule has 6 heteroatoms. The lowest BCUT2D eigenvalue weighted by atomic mass is 9.83. The third kappa shape index (κ3) is 2.65. The zero-order valence-electron chi connectivity index (χ0n) is 15.5. The number of hydrogen-bond acceptors (Lipinski definition) is 4. The summed E-state index contributed by atoms with van der Waals surface area (Å²) in [7, 11) is 0. The van der Waals surface area contributed by atoms with Crippen LogP contribution in [0.15, 0.2) is 67.0 Å². The molecule has 1 aliphatic carbocycles. The second kappa shape index (κ2) is 6.24. The van der Waals surface area contributed by atoms with Crippen LogP contribution in [0.2, 0.25) is 0 Å². The van der Waals surface area contributed by atoms with E-state index in [4.69, 9.17) is 0 Å². The predicted molar refractivity (Wildman–Crippen MR) is 108 cm³/mol. The molecular formula is C23H15N3O3. The lowest BCUT2D eigenvalue weighted by Crippen LogP contribution is -2.23. The molecule has 1 N–H and O–H groups in total. The molecule has 1 amide bonds. The second-order valence-electron chi connectivity index (χ2n) is 6.95. The van der Waals surface area contributed by atoms with Gasteiger partial charge in [0.05, 0.1) is 16.9 Å². The lowest BCUT2D eigenvalue weighted by Gasteiger charge is -2.20. The molecule has 0 spiro atoms. The van der Waals surface area contributed by atoms with E-state index in [-0.39, 0.29) is 23.0 Å². The van der Waals surface area contributed by atoms with Gasteiger partial charge in [0.1, 0.15) is 5.65 Å². The zero-order valence-corrected chi connectivity index (χ0v) is 15.5. The minimum atomic E-state index is -0.374. The van der Waals surface area contributed by atoms with E-state index in [1.165, 1.54) is 0 Å². The van der Waals surface area contributed by atoms with Gasteiger partial charge in [0.15, 0.2) is 11.6 Å². The van der Waals surface area contributed by atoms with Gasteiger partial charge in [-0.1, -0.05) is 36.4 Å². The summed E-state index contributed by atoms with van der Waals surface area (Å²) in [6.07, 6.45) is 3.63. The van der Waals surface area contributed by atoms with Gasteiger partial charge in [0.2, 0.25) is 0 Å². The summed E-state index contributed by atoms with van der Waals surface area (Å²) in [6, 6.07) is 15.0. The number of benzene rings is 2. The number of rotatable bonds is 2. The Labute approximate surface area is 165 Å². The van der Waals surface area contributed by atoms with Crippen molar-refractivity contribution < 1.29 is 14.4 Å². The molecule has 2 aromatic carbocycles. The Morgan fingerprint density at radius 3 is 2.45 bits per heavy atom. The number of hydrogen-bond donors (Lipinski definition) is 1. The first-order valence-corrected chi connectivity index (χ1v) is 9.11. The van der Waals surface area contributed by atoms with Crippen LogP contribution in [-0.2, 0) is 0 Å². The van der Waals surface area contributed by atoms with Gasteiger partial charge in [0.25, 0.3) is 5.91 Å². The standard InChI is InChI=1S/C23H15N3O3/c1-13-12-26-10-9-14(11-19(26)24-13)23(29)25-18-8-4-7-17-20(18)22(28)16-6-3-2-5-15(16)21(17)27/h2-12H,1H3,(H,25,29). The first kappa shape index (κ1) is 17.1. The van der Waals surface area contributed by atoms with Crippen molar-refractivity contribution in [3.63, 3.8) is 0 Å². The molecule has 0 saturated carbocycles. The number of fused-ring (bicyclic) bond motifs is 3. The van der Waals surface area contributed by atoms with E-state index >= 15 is 0 Å². The molecule has 0 fully saturated rings. The number of carbonyl (C=O) groups excluding carboxylic acids is 3. The highest BCUT2D eigenvalue weighted by Gasteiger charge is 2.31.